The summed E-state index contributed by atoms with van der Waals surface area (Å²) in [5.74, 6) is -2.38. The van der Waals surface area contributed by atoms with Gasteiger partial charge in [0.05, 0.1) is 22.7 Å². The Hall–Kier alpha value is -3.43. The highest BCUT2D eigenvalue weighted by Crippen LogP contribution is 2.43. The van der Waals surface area contributed by atoms with Crippen molar-refractivity contribution in [3.8, 4) is 11.5 Å². The largest absolute Gasteiger partial charge is 0.506 e. The van der Waals surface area contributed by atoms with Crippen LogP contribution in [0.2, 0.25) is 0 Å². The number of hydrogen-bond acceptors (Lipinski definition) is 3. The van der Waals surface area contributed by atoms with Crippen LogP contribution in [-0.4, -0.2) is 16.2 Å². The van der Waals surface area contributed by atoms with E-state index in [2.05, 4.69) is 31.9 Å². The van der Waals surface area contributed by atoms with Crippen LogP contribution in [0.4, 0.5) is 36.3 Å². The van der Waals surface area contributed by atoms with Gasteiger partial charge in [0.2, 0.25) is 0 Å². The molecule has 4 rings (SSSR count). The predicted octanol–water partition coefficient (Wildman–Crippen LogP) is 8.00. The first-order chi connectivity index (χ1) is 16.3. The number of aromatic hydroxyl groups is 2. The molecule has 0 spiro atoms. The summed E-state index contributed by atoms with van der Waals surface area (Å²) in [4.78, 5) is 16.4. The van der Waals surface area contributed by atoms with Crippen molar-refractivity contribution >= 4 is 60.6 Å². The van der Waals surface area contributed by atoms with Crippen molar-refractivity contribution in [1.82, 2.24) is 0 Å². The van der Waals surface area contributed by atoms with Gasteiger partial charge in [-0.05, 0) is 80.4 Å². The fourth-order valence-corrected chi connectivity index (χ4v) is 4.31. The Morgan fingerprint density at radius 1 is 0.618 bits per heavy atom. The van der Waals surface area contributed by atoms with Crippen molar-refractivity contribution < 1.29 is 23.8 Å². The van der Waals surface area contributed by atoms with Gasteiger partial charge in [-0.3, -0.25) is 9.80 Å². The molecule has 0 saturated carbocycles. The van der Waals surface area contributed by atoms with Gasteiger partial charge in [0.25, 0.3) is 0 Å². The topological polar surface area (TPSA) is 64.0 Å². The van der Waals surface area contributed by atoms with Gasteiger partial charge in [0.1, 0.15) is 23.1 Å². The van der Waals surface area contributed by atoms with Crippen molar-refractivity contribution in [2.45, 2.75) is 0 Å². The lowest BCUT2D eigenvalue weighted by atomic mass is 10.2. The number of phenols is 2. The van der Waals surface area contributed by atoms with Crippen molar-refractivity contribution in [3.63, 3.8) is 0 Å². The Bertz CT molecular complexity index is 1290. The van der Waals surface area contributed by atoms with Gasteiger partial charge >= 0.3 is 6.03 Å². The van der Waals surface area contributed by atoms with Crippen LogP contribution in [-0.2, 0) is 0 Å². The second kappa shape index (κ2) is 9.82. The van der Waals surface area contributed by atoms with Gasteiger partial charge in [-0.1, -0.05) is 24.3 Å². The summed E-state index contributed by atoms with van der Waals surface area (Å²) in [7, 11) is 0. The molecule has 0 radical (unpaired) electrons. The van der Waals surface area contributed by atoms with Crippen LogP contribution in [0.5, 0.6) is 11.5 Å². The molecule has 2 N–H and O–H groups in total. The number of nitrogens with zero attached hydrogens (tertiary/aromatic N) is 2. The molecular formula is C25H16Br2F2N2O3. The SMILES string of the molecule is O=C(N(c1cc(F)ccc1O)c1cc(F)ccc1O)N(c1ccccc1Br)c1ccccc1Br. The molecule has 2 amide bonds. The van der Waals surface area contributed by atoms with E-state index < -0.39 is 29.2 Å². The summed E-state index contributed by atoms with van der Waals surface area (Å²) in [5.41, 5.74) is 0.261. The first-order valence-electron chi connectivity index (χ1n) is 9.88. The number of urea groups is 1. The number of rotatable bonds is 4. The molecule has 4 aromatic rings. The zero-order valence-corrected chi connectivity index (χ0v) is 20.5. The molecule has 0 saturated heterocycles. The van der Waals surface area contributed by atoms with Crippen molar-refractivity contribution in [1.29, 1.82) is 0 Å². The minimum atomic E-state index is -0.819. The maximum Gasteiger partial charge on any atom is 0.338 e. The monoisotopic (exact) mass is 588 g/mol. The lowest BCUT2D eigenvalue weighted by Crippen LogP contribution is -2.38. The molecule has 0 fully saturated rings. The third-order valence-electron chi connectivity index (χ3n) is 4.93. The quantitative estimate of drug-likeness (QED) is 0.253. The number of halogens is 4. The Morgan fingerprint density at radius 3 is 1.41 bits per heavy atom. The van der Waals surface area contributed by atoms with Crippen LogP contribution in [0.15, 0.2) is 93.9 Å². The van der Waals surface area contributed by atoms with Gasteiger partial charge in [-0.15, -0.1) is 0 Å². The van der Waals surface area contributed by atoms with Crippen molar-refractivity contribution in [2.75, 3.05) is 9.80 Å². The van der Waals surface area contributed by atoms with E-state index in [9.17, 15) is 23.8 Å². The average Bonchev–Trinajstić information content (AvgIpc) is 2.81. The zero-order valence-electron chi connectivity index (χ0n) is 17.3. The first kappa shape index (κ1) is 23.7. The van der Waals surface area contributed by atoms with Crippen LogP contribution in [0.25, 0.3) is 0 Å². The Labute approximate surface area is 210 Å². The molecule has 0 unspecified atom stereocenters. The summed E-state index contributed by atoms with van der Waals surface area (Å²) < 4.78 is 29.6. The summed E-state index contributed by atoms with van der Waals surface area (Å²) in [5, 5.41) is 21.1. The highest BCUT2D eigenvalue weighted by Gasteiger charge is 2.32. The number of hydrogen-bond donors (Lipinski definition) is 2. The molecule has 9 heteroatoms. The van der Waals surface area contributed by atoms with Gasteiger partial charge in [-0.25, -0.2) is 13.6 Å². The molecule has 0 bridgehead atoms. The van der Waals surface area contributed by atoms with Crippen LogP contribution in [0.3, 0.4) is 0 Å². The second-order valence-corrected chi connectivity index (χ2v) is 8.83. The van der Waals surface area contributed by atoms with E-state index in [1.807, 2.05) is 0 Å². The minimum absolute atomic E-state index is 0.282. The molecule has 0 atom stereocenters. The minimum Gasteiger partial charge on any atom is -0.506 e. The number of phenolic OH excluding ortho intramolecular Hbond substituents is 2. The molecule has 0 aromatic heterocycles. The number of anilines is 4. The Kier molecular flexibility index (Phi) is 6.85. The van der Waals surface area contributed by atoms with E-state index in [1.165, 1.54) is 4.90 Å². The third-order valence-corrected chi connectivity index (χ3v) is 6.27. The molecular weight excluding hydrogens is 574 g/mol. The maximum atomic E-state index is 14.2. The number of carbonyl (C=O) groups excluding carboxylic acids is 1. The normalized spacial score (nSPS) is 10.7. The van der Waals surface area contributed by atoms with Crippen molar-refractivity contribution in [3.05, 3.63) is 106 Å². The van der Waals surface area contributed by atoms with Crippen LogP contribution >= 0.6 is 31.9 Å². The summed E-state index contributed by atoms with van der Waals surface area (Å²) >= 11 is 6.91. The molecule has 0 heterocycles. The van der Waals surface area contributed by atoms with Crippen LogP contribution in [0, 0.1) is 11.6 Å². The number of amides is 2. The Balaban J connectivity index is 2.01. The summed E-state index contributed by atoms with van der Waals surface area (Å²) in [6.45, 7) is 0. The predicted molar refractivity (Wildman–Crippen MR) is 134 cm³/mol. The maximum absolute atomic E-state index is 14.2. The van der Waals surface area contributed by atoms with Gasteiger partial charge < -0.3 is 10.2 Å². The van der Waals surface area contributed by atoms with E-state index in [0.29, 0.717) is 20.3 Å². The van der Waals surface area contributed by atoms with E-state index in [1.54, 1.807) is 48.5 Å². The molecule has 172 valence electrons. The fourth-order valence-electron chi connectivity index (χ4n) is 3.39. The van der Waals surface area contributed by atoms with E-state index in [4.69, 9.17) is 0 Å². The molecule has 0 aliphatic rings. The van der Waals surface area contributed by atoms with Gasteiger partial charge in [0, 0.05) is 21.1 Å². The molecule has 34 heavy (non-hydrogen) atoms. The first-order valence-corrected chi connectivity index (χ1v) is 11.5. The summed E-state index contributed by atoms with van der Waals surface area (Å²) in [6.07, 6.45) is 0. The third kappa shape index (κ3) is 4.62. The van der Waals surface area contributed by atoms with Crippen LogP contribution in [0.1, 0.15) is 0 Å². The average molecular weight is 590 g/mol. The standard InChI is InChI=1S/C25H16Br2F2N2O3/c26-17-5-1-3-7-19(17)30(20-8-4-2-6-18(20)27)25(34)31(21-13-15(28)9-11-23(21)32)22-14-16(29)10-12-24(22)33/h1-14,32-33H. The second-order valence-electron chi connectivity index (χ2n) is 7.12. The number of benzene rings is 4. The number of carbonyl (C=O) groups is 1. The van der Waals surface area contributed by atoms with E-state index in [-0.39, 0.29) is 11.4 Å². The smallest absolute Gasteiger partial charge is 0.338 e. The highest BCUT2D eigenvalue weighted by atomic mass is 79.9. The lowest BCUT2D eigenvalue weighted by Gasteiger charge is -2.32. The molecule has 0 aliphatic heterocycles. The van der Waals surface area contributed by atoms with E-state index in [0.717, 1.165) is 41.3 Å². The molecule has 0 aliphatic carbocycles. The van der Waals surface area contributed by atoms with E-state index >= 15 is 0 Å². The van der Waals surface area contributed by atoms with Gasteiger partial charge in [-0.2, -0.15) is 0 Å². The fraction of sp³-hybridized carbons (Fsp3) is 0. The zero-order chi connectivity index (χ0) is 24.4. The van der Waals surface area contributed by atoms with Crippen LogP contribution < -0.4 is 9.80 Å². The lowest BCUT2D eigenvalue weighted by molar-refractivity contribution is 0.255. The molecule has 4 aromatic carbocycles. The highest BCUT2D eigenvalue weighted by molar-refractivity contribution is 9.11. The number of para-hydroxylation sites is 2. The summed E-state index contributed by atoms with van der Waals surface area (Å²) in [6, 6.07) is 19.0. The van der Waals surface area contributed by atoms with Crippen molar-refractivity contribution in [2.24, 2.45) is 0 Å². The Morgan fingerprint density at radius 2 is 1.00 bits per heavy atom. The van der Waals surface area contributed by atoms with Gasteiger partial charge in [0.15, 0.2) is 0 Å². The molecule has 5 nitrogen and oxygen atoms in total.